The Morgan fingerprint density at radius 1 is 1.08 bits per heavy atom. The number of alkyl halides is 3. The Kier molecular flexibility index (Phi) is 8.65. The summed E-state index contributed by atoms with van der Waals surface area (Å²) in [5, 5.41) is 21.0. The maximum atomic E-state index is 13.2. The quantitative estimate of drug-likeness (QED) is 0.415. The molecular weight excluding hydrogens is 517 g/mol. The van der Waals surface area contributed by atoms with E-state index in [2.05, 4.69) is 27.8 Å². The fourth-order valence-corrected chi connectivity index (χ4v) is 5.07. The zero-order valence-electron chi connectivity index (χ0n) is 20.5. The molecule has 38 heavy (non-hydrogen) atoms. The third kappa shape index (κ3) is 6.69. The van der Waals surface area contributed by atoms with E-state index in [0.29, 0.717) is 63.1 Å². The number of nitrogens with zero attached hydrogens (tertiary/aromatic N) is 5. The molecule has 1 amide bonds. The molecule has 1 saturated heterocycles. The number of nitrogens with one attached hydrogen (secondary N) is 1. The Morgan fingerprint density at radius 3 is 2.37 bits per heavy atom. The number of halogens is 3. The summed E-state index contributed by atoms with van der Waals surface area (Å²) in [7, 11) is 0. The van der Waals surface area contributed by atoms with Crippen molar-refractivity contribution in [1.82, 2.24) is 9.88 Å². The summed E-state index contributed by atoms with van der Waals surface area (Å²) in [6, 6.07) is 10.7. The molecule has 4 rings (SSSR count). The minimum absolute atomic E-state index is 0.0400. The van der Waals surface area contributed by atoms with Crippen LogP contribution in [0.3, 0.4) is 0 Å². The Morgan fingerprint density at radius 2 is 1.79 bits per heavy atom. The normalized spacial score (nSPS) is 20.8. The van der Waals surface area contributed by atoms with E-state index in [9.17, 15) is 18.0 Å². The molecule has 1 saturated carbocycles. The molecule has 1 N–H and O–H groups in total. The highest BCUT2D eigenvalue weighted by molar-refractivity contribution is 7.81. The summed E-state index contributed by atoms with van der Waals surface area (Å²) < 4.78 is 45.7. The predicted molar refractivity (Wildman–Crippen MR) is 137 cm³/mol. The van der Waals surface area contributed by atoms with Gasteiger partial charge in [0, 0.05) is 44.1 Å². The van der Waals surface area contributed by atoms with E-state index in [4.69, 9.17) is 15.3 Å². The van der Waals surface area contributed by atoms with Crippen LogP contribution in [0.25, 0.3) is 0 Å². The van der Waals surface area contributed by atoms with Crippen LogP contribution in [0.4, 0.5) is 24.7 Å². The van der Waals surface area contributed by atoms with E-state index in [1.54, 1.807) is 23.1 Å². The van der Waals surface area contributed by atoms with Crippen LogP contribution in [0.2, 0.25) is 0 Å². The van der Waals surface area contributed by atoms with Gasteiger partial charge >= 0.3 is 6.18 Å². The molecule has 1 aliphatic carbocycles. The monoisotopic (exact) mass is 544 g/mol. The molecule has 2 aliphatic rings. The van der Waals surface area contributed by atoms with Crippen LogP contribution >= 0.6 is 12.6 Å². The van der Waals surface area contributed by atoms with Gasteiger partial charge in [-0.1, -0.05) is 0 Å². The Hall–Kier alpha value is -3.48. The Bertz CT molecular complexity index is 1210. The van der Waals surface area contributed by atoms with E-state index in [0.717, 1.165) is 11.9 Å². The largest absolute Gasteiger partial charge is 0.417 e. The van der Waals surface area contributed by atoms with Gasteiger partial charge in [0.1, 0.15) is 11.9 Å². The number of nitriles is 2. The van der Waals surface area contributed by atoms with Crippen LogP contribution in [0.5, 0.6) is 0 Å². The second-order valence-electron chi connectivity index (χ2n) is 9.31. The number of hydrogen-bond donors (Lipinski definition) is 2. The summed E-state index contributed by atoms with van der Waals surface area (Å²) >= 11 is 4.40. The minimum atomic E-state index is -4.60. The molecule has 200 valence electrons. The van der Waals surface area contributed by atoms with E-state index < -0.39 is 22.7 Å². The van der Waals surface area contributed by atoms with E-state index >= 15 is 0 Å². The van der Waals surface area contributed by atoms with Crippen molar-refractivity contribution in [2.45, 2.75) is 49.4 Å². The first-order valence-corrected chi connectivity index (χ1v) is 12.8. The van der Waals surface area contributed by atoms with E-state index in [1.807, 2.05) is 6.07 Å². The van der Waals surface area contributed by atoms with Crippen molar-refractivity contribution in [3.63, 3.8) is 0 Å². The number of hydrogen-bond acceptors (Lipinski definition) is 8. The Balaban J connectivity index is 1.22. The highest BCUT2D eigenvalue weighted by Gasteiger charge is 2.34. The summed E-state index contributed by atoms with van der Waals surface area (Å²) in [4.78, 5) is 21.0. The number of piperazine rings is 1. The molecule has 12 heteroatoms. The van der Waals surface area contributed by atoms with Gasteiger partial charge in [-0.05, 0) is 56.0 Å². The van der Waals surface area contributed by atoms with Crippen LogP contribution in [-0.2, 0) is 15.7 Å². The molecule has 0 bridgehead atoms. The first kappa shape index (κ1) is 27.6. The SMILES string of the molecule is N#Cc1ccc(N2CCN(C(=O)C(S)OC3CCC(Nc4ccc(C#N)c(C(F)(F)F)c4)CC3)CC2)nc1. The summed E-state index contributed by atoms with van der Waals surface area (Å²) in [5.74, 6) is 0.564. The number of pyridine rings is 1. The van der Waals surface area contributed by atoms with Crippen LogP contribution in [0, 0.1) is 22.7 Å². The van der Waals surface area contributed by atoms with Crippen molar-refractivity contribution < 1.29 is 22.7 Å². The molecule has 2 heterocycles. The van der Waals surface area contributed by atoms with Crippen molar-refractivity contribution >= 4 is 30.0 Å². The molecule has 0 spiro atoms. The molecular formula is C26H27F3N6O2S. The molecule has 8 nitrogen and oxygen atoms in total. The number of ether oxygens (including phenoxy) is 1. The first-order valence-electron chi connectivity index (χ1n) is 12.3. The van der Waals surface area contributed by atoms with Crippen LogP contribution in [0.1, 0.15) is 42.4 Å². The average molecular weight is 545 g/mol. The Labute approximate surface area is 224 Å². The number of benzene rings is 1. The lowest BCUT2D eigenvalue weighted by Crippen LogP contribution is -2.51. The highest BCUT2D eigenvalue weighted by Crippen LogP contribution is 2.34. The molecule has 0 radical (unpaired) electrons. The zero-order chi connectivity index (χ0) is 27.3. The standard InChI is InChI=1S/C26H27F3N6O2S/c27-26(28,29)22-13-20(3-2-18(22)15-31)33-19-4-6-21(7-5-19)37-25(38)24(36)35-11-9-34(10-12-35)23-8-1-17(14-30)16-32-23/h1-3,8,13,16,19,21,25,33,38H,4-7,9-12H2. The van der Waals surface area contributed by atoms with Crippen molar-refractivity contribution in [2.75, 3.05) is 36.4 Å². The maximum Gasteiger partial charge on any atom is 0.417 e. The number of aromatic nitrogens is 1. The van der Waals surface area contributed by atoms with Gasteiger partial charge in [-0.15, -0.1) is 12.6 Å². The number of carbonyl (C=O) groups excluding carboxylic acids is 1. The minimum Gasteiger partial charge on any atom is -0.382 e. The van der Waals surface area contributed by atoms with Gasteiger partial charge < -0.3 is 19.9 Å². The molecule has 2 fully saturated rings. The van der Waals surface area contributed by atoms with Crippen LogP contribution in [0.15, 0.2) is 36.5 Å². The van der Waals surface area contributed by atoms with Crippen LogP contribution in [-0.4, -0.2) is 59.6 Å². The molecule has 1 aliphatic heterocycles. The first-order chi connectivity index (χ1) is 18.2. The van der Waals surface area contributed by atoms with Crippen molar-refractivity contribution in [3.8, 4) is 12.1 Å². The number of carbonyl (C=O) groups is 1. The molecule has 2 aromatic rings. The topological polar surface area (TPSA) is 105 Å². The smallest absolute Gasteiger partial charge is 0.382 e. The maximum absolute atomic E-state index is 13.2. The fourth-order valence-electron chi connectivity index (χ4n) is 4.74. The molecule has 1 unspecified atom stereocenters. The van der Waals surface area contributed by atoms with Crippen molar-refractivity contribution in [2.24, 2.45) is 0 Å². The number of thiol groups is 1. The number of rotatable bonds is 6. The van der Waals surface area contributed by atoms with E-state index in [1.165, 1.54) is 18.3 Å². The summed E-state index contributed by atoms with van der Waals surface area (Å²) in [6.07, 6.45) is -0.636. The van der Waals surface area contributed by atoms with Gasteiger partial charge in [0.2, 0.25) is 0 Å². The van der Waals surface area contributed by atoms with Gasteiger partial charge in [0.15, 0.2) is 5.44 Å². The fraction of sp³-hybridized carbons (Fsp3) is 0.462. The van der Waals surface area contributed by atoms with Gasteiger partial charge in [0.25, 0.3) is 5.91 Å². The summed E-state index contributed by atoms with van der Waals surface area (Å²) in [6.45, 7) is 2.21. The summed E-state index contributed by atoms with van der Waals surface area (Å²) in [5.41, 5.74) is -1.44. The highest BCUT2D eigenvalue weighted by atomic mass is 32.1. The van der Waals surface area contributed by atoms with Gasteiger partial charge in [-0.25, -0.2) is 4.98 Å². The van der Waals surface area contributed by atoms with E-state index in [-0.39, 0.29) is 18.1 Å². The van der Waals surface area contributed by atoms with Gasteiger partial charge in [0.05, 0.1) is 28.9 Å². The second-order valence-corrected chi connectivity index (χ2v) is 9.77. The van der Waals surface area contributed by atoms with Gasteiger partial charge in [-0.2, -0.15) is 23.7 Å². The lowest BCUT2D eigenvalue weighted by Gasteiger charge is -2.37. The molecule has 1 atom stereocenters. The second kappa shape index (κ2) is 11.9. The number of amides is 1. The zero-order valence-corrected chi connectivity index (χ0v) is 21.4. The molecule has 1 aromatic heterocycles. The van der Waals surface area contributed by atoms with Crippen molar-refractivity contribution in [3.05, 3.63) is 53.2 Å². The van der Waals surface area contributed by atoms with Crippen molar-refractivity contribution in [1.29, 1.82) is 10.5 Å². The van der Waals surface area contributed by atoms with Crippen LogP contribution < -0.4 is 10.2 Å². The number of anilines is 2. The third-order valence-corrected chi connectivity index (χ3v) is 7.16. The third-order valence-electron chi connectivity index (χ3n) is 6.82. The molecule has 1 aromatic carbocycles. The average Bonchev–Trinajstić information content (AvgIpc) is 2.93. The lowest BCUT2D eigenvalue weighted by molar-refractivity contribution is -0.141. The predicted octanol–water partition coefficient (Wildman–Crippen LogP) is 4.19. The van der Waals surface area contributed by atoms with Gasteiger partial charge in [-0.3, -0.25) is 4.79 Å². The lowest BCUT2D eigenvalue weighted by atomic mass is 9.92.